The molecule has 0 fully saturated rings. The van der Waals surface area contributed by atoms with E-state index in [-0.39, 0.29) is 42.8 Å². The molecule has 0 aliphatic carbocycles. The van der Waals surface area contributed by atoms with E-state index in [2.05, 4.69) is 30.7 Å². The van der Waals surface area contributed by atoms with E-state index in [0.29, 0.717) is 39.7 Å². The zero-order valence-electron chi connectivity index (χ0n) is 23.0. The quantitative estimate of drug-likeness (QED) is 0.218. The molecule has 2 aromatic carbocycles. The second kappa shape index (κ2) is 12.1. The van der Waals surface area contributed by atoms with Crippen molar-refractivity contribution in [1.82, 2.24) is 24.7 Å². The number of ether oxygens (including phenoxy) is 2. The Morgan fingerprint density at radius 1 is 1.10 bits per heavy atom. The Bertz CT molecular complexity index is 1750. The van der Waals surface area contributed by atoms with Gasteiger partial charge in [-0.15, -0.1) is 0 Å². The van der Waals surface area contributed by atoms with Crippen LogP contribution in [0.2, 0.25) is 0 Å². The van der Waals surface area contributed by atoms with E-state index in [1.54, 1.807) is 24.4 Å². The van der Waals surface area contributed by atoms with Crippen molar-refractivity contribution in [2.75, 3.05) is 31.0 Å². The van der Waals surface area contributed by atoms with Crippen LogP contribution in [0.25, 0.3) is 22.4 Å². The van der Waals surface area contributed by atoms with E-state index in [9.17, 15) is 13.6 Å². The van der Waals surface area contributed by atoms with E-state index >= 15 is 0 Å². The van der Waals surface area contributed by atoms with Gasteiger partial charge in [0, 0.05) is 48.0 Å². The minimum Gasteiger partial charge on any atom is -0.491 e. The van der Waals surface area contributed by atoms with Gasteiger partial charge >= 0.3 is 0 Å². The summed E-state index contributed by atoms with van der Waals surface area (Å²) in [6.07, 6.45) is 3.11. The lowest BCUT2D eigenvalue weighted by Crippen LogP contribution is -2.09. The highest BCUT2D eigenvalue weighted by Crippen LogP contribution is 2.32. The molecule has 3 N–H and O–H groups in total. The smallest absolute Gasteiger partial charge is 0.222 e. The fourth-order valence-corrected chi connectivity index (χ4v) is 4.30. The van der Waals surface area contributed by atoms with Gasteiger partial charge in [0.2, 0.25) is 5.91 Å². The Morgan fingerprint density at radius 3 is 2.57 bits per heavy atom. The molecule has 13 heteroatoms. The number of hydrogen-bond donors (Lipinski definition) is 3. The maximum atomic E-state index is 14.9. The number of fused-ring (bicyclic) bond motifs is 1. The lowest BCUT2D eigenvalue weighted by atomic mass is 10.1. The molecule has 0 atom stereocenters. The summed E-state index contributed by atoms with van der Waals surface area (Å²) in [5.74, 6) is -0.587. The summed E-state index contributed by atoms with van der Waals surface area (Å²) in [5, 5.41) is 20.1. The SMILES string of the molecule is COc1cnc(-c2nn(Cc3c(F)cc(OCCO)cc3F)c3ccccc23)nc1Nc1cc(NC(C)=O)ncc1C. The molecule has 11 nitrogen and oxygen atoms in total. The third-order valence-electron chi connectivity index (χ3n) is 6.29. The van der Waals surface area contributed by atoms with E-state index < -0.39 is 11.6 Å². The molecular formula is C29H27F2N7O4. The summed E-state index contributed by atoms with van der Waals surface area (Å²) in [6.45, 7) is 2.67. The molecule has 3 heterocycles. The van der Waals surface area contributed by atoms with Crippen molar-refractivity contribution in [2.45, 2.75) is 20.4 Å². The van der Waals surface area contributed by atoms with Gasteiger partial charge in [-0.1, -0.05) is 18.2 Å². The molecule has 0 radical (unpaired) electrons. The number of aryl methyl sites for hydroxylation is 1. The maximum absolute atomic E-state index is 14.9. The number of hydrogen-bond acceptors (Lipinski definition) is 9. The highest BCUT2D eigenvalue weighted by Gasteiger charge is 2.20. The monoisotopic (exact) mass is 575 g/mol. The summed E-state index contributed by atoms with van der Waals surface area (Å²) in [7, 11) is 1.49. The van der Waals surface area contributed by atoms with Crippen LogP contribution in [-0.4, -0.2) is 56.1 Å². The van der Waals surface area contributed by atoms with Crippen molar-refractivity contribution in [3.8, 4) is 23.0 Å². The fourth-order valence-electron chi connectivity index (χ4n) is 4.30. The van der Waals surface area contributed by atoms with Crippen LogP contribution in [0.4, 0.5) is 26.1 Å². The van der Waals surface area contributed by atoms with Crippen LogP contribution in [0.5, 0.6) is 11.5 Å². The molecule has 0 bridgehead atoms. The highest BCUT2D eigenvalue weighted by molar-refractivity contribution is 5.92. The molecule has 0 spiro atoms. The summed E-state index contributed by atoms with van der Waals surface area (Å²) >= 11 is 0. The van der Waals surface area contributed by atoms with E-state index in [4.69, 9.17) is 14.6 Å². The Labute approximate surface area is 239 Å². The lowest BCUT2D eigenvalue weighted by Gasteiger charge is -2.13. The Balaban J connectivity index is 1.53. The molecule has 0 saturated heterocycles. The van der Waals surface area contributed by atoms with Crippen LogP contribution in [0.3, 0.4) is 0 Å². The molecular weight excluding hydrogens is 548 g/mol. The van der Waals surface area contributed by atoms with Crippen molar-refractivity contribution >= 4 is 34.1 Å². The van der Waals surface area contributed by atoms with Gasteiger partial charge in [-0.2, -0.15) is 5.10 Å². The second-order valence-corrected chi connectivity index (χ2v) is 9.26. The largest absolute Gasteiger partial charge is 0.491 e. The van der Waals surface area contributed by atoms with Gasteiger partial charge in [-0.25, -0.2) is 23.7 Å². The minimum atomic E-state index is -0.803. The first kappa shape index (κ1) is 28.4. The number of halogens is 2. The molecule has 216 valence electrons. The van der Waals surface area contributed by atoms with Gasteiger partial charge in [0.25, 0.3) is 0 Å². The zero-order chi connectivity index (χ0) is 29.8. The van der Waals surface area contributed by atoms with Gasteiger partial charge in [0.05, 0.1) is 32.0 Å². The number of aliphatic hydroxyl groups is 1. The third kappa shape index (κ3) is 5.95. The number of para-hydroxylation sites is 1. The van der Waals surface area contributed by atoms with Gasteiger partial charge in [0.1, 0.15) is 35.5 Å². The first-order valence-corrected chi connectivity index (χ1v) is 12.9. The number of anilines is 3. The van der Waals surface area contributed by atoms with E-state index in [0.717, 1.165) is 17.7 Å². The standard InChI is InChI=1S/C29H27F2N7O4/c1-16-13-32-26(34-17(2)40)12-23(16)35-28-25(41-3)14-33-29(36-28)27-19-6-4-5-7-24(19)38(37-27)15-20-21(30)10-18(11-22(20)31)42-9-8-39/h4-7,10-14,39H,8-9,15H2,1-3H3,(H2,32,33,34,35,36,40). The summed E-state index contributed by atoms with van der Waals surface area (Å²) < 4.78 is 42.0. The van der Waals surface area contributed by atoms with Crippen LogP contribution in [0, 0.1) is 18.6 Å². The molecule has 0 unspecified atom stereocenters. The summed E-state index contributed by atoms with van der Waals surface area (Å²) in [4.78, 5) is 24.8. The van der Waals surface area contributed by atoms with E-state index in [1.165, 1.54) is 24.9 Å². The lowest BCUT2D eigenvalue weighted by molar-refractivity contribution is -0.114. The zero-order valence-corrected chi connectivity index (χ0v) is 23.0. The van der Waals surface area contributed by atoms with Gasteiger partial charge in [-0.3, -0.25) is 9.48 Å². The predicted molar refractivity (Wildman–Crippen MR) is 152 cm³/mol. The number of aliphatic hydroxyl groups excluding tert-OH is 1. The van der Waals surface area contributed by atoms with Gasteiger partial charge < -0.3 is 25.2 Å². The molecule has 0 saturated carbocycles. The number of aromatic nitrogens is 5. The van der Waals surface area contributed by atoms with Crippen molar-refractivity contribution in [1.29, 1.82) is 0 Å². The fraction of sp³-hybridized carbons (Fsp3) is 0.207. The van der Waals surface area contributed by atoms with E-state index in [1.807, 2.05) is 19.1 Å². The summed E-state index contributed by atoms with van der Waals surface area (Å²) in [6, 6.07) is 11.0. The van der Waals surface area contributed by atoms with Crippen molar-refractivity contribution in [2.24, 2.45) is 0 Å². The number of carbonyl (C=O) groups excluding carboxylic acids is 1. The van der Waals surface area contributed by atoms with Crippen molar-refractivity contribution in [3.63, 3.8) is 0 Å². The van der Waals surface area contributed by atoms with Crippen LogP contribution in [-0.2, 0) is 11.3 Å². The molecule has 1 amide bonds. The molecule has 5 aromatic rings. The number of rotatable bonds is 10. The molecule has 42 heavy (non-hydrogen) atoms. The van der Waals surface area contributed by atoms with Crippen LogP contribution < -0.4 is 20.1 Å². The Morgan fingerprint density at radius 2 is 1.86 bits per heavy atom. The van der Waals surface area contributed by atoms with Crippen molar-refractivity contribution < 1.29 is 28.2 Å². The Hall–Kier alpha value is -5.17. The third-order valence-corrected chi connectivity index (χ3v) is 6.29. The topological polar surface area (TPSA) is 136 Å². The number of amides is 1. The first-order chi connectivity index (χ1) is 20.3. The summed E-state index contributed by atoms with van der Waals surface area (Å²) in [5.41, 5.74) is 2.23. The Kier molecular flexibility index (Phi) is 8.20. The number of benzene rings is 2. The molecule has 3 aromatic heterocycles. The number of pyridine rings is 1. The normalized spacial score (nSPS) is 11.0. The number of carbonyl (C=O) groups is 1. The van der Waals surface area contributed by atoms with Gasteiger partial charge in [-0.05, 0) is 18.6 Å². The number of nitrogens with one attached hydrogen (secondary N) is 2. The van der Waals surface area contributed by atoms with Crippen LogP contribution in [0.15, 0.2) is 54.9 Å². The molecule has 0 aliphatic rings. The average molecular weight is 576 g/mol. The molecule has 5 rings (SSSR count). The first-order valence-electron chi connectivity index (χ1n) is 12.9. The number of nitrogens with zero attached hydrogens (tertiary/aromatic N) is 5. The molecule has 0 aliphatic heterocycles. The van der Waals surface area contributed by atoms with Crippen LogP contribution >= 0.6 is 0 Å². The van der Waals surface area contributed by atoms with Crippen molar-refractivity contribution in [3.05, 3.63) is 77.6 Å². The second-order valence-electron chi connectivity index (χ2n) is 9.26. The number of methoxy groups -OCH3 is 1. The maximum Gasteiger partial charge on any atom is 0.222 e. The van der Waals surface area contributed by atoms with Crippen LogP contribution in [0.1, 0.15) is 18.1 Å². The predicted octanol–water partition coefficient (Wildman–Crippen LogP) is 4.60. The highest BCUT2D eigenvalue weighted by atomic mass is 19.1. The minimum absolute atomic E-state index is 0.0193. The average Bonchev–Trinajstić information content (AvgIpc) is 3.33. The van der Waals surface area contributed by atoms with Gasteiger partial charge in [0.15, 0.2) is 17.4 Å².